The molecule has 8 nitrogen and oxygen atoms in total. The number of ether oxygens (including phenoxy) is 1. The van der Waals surface area contributed by atoms with Crippen LogP contribution in [0.4, 0.5) is 22.0 Å². The zero-order valence-electron chi connectivity index (χ0n) is 14.3. The van der Waals surface area contributed by atoms with E-state index in [2.05, 4.69) is 25.1 Å². The van der Waals surface area contributed by atoms with Crippen LogP contribution in [0.1, 0.15) is 16.1 Å². The molecule has 2 heterocycles. The van der Waals surface area contributed by atoms with E-state index in [1.54, 1.807) is 0 Å². The van der Waals surface area contributed by atoms with Gasteiger partial charge in [-0.05, 0) is 6.07 Å². The van der Waals surface area contributed by atoms with Crippen molar-refractivity contribution in [2.24, 2.45) is 5.10 Å². The molecule has 29 heavy (non-hydrogen) atoms. The fraction of sp³-hybridized carbons (Fsp3) is 0.133. The molecule has 152 valence electrons. The van der Waals surface area contributed by atoms with Crippen molar-refractivity contribution < 1.29 is 31.5 Å². The third-order valence-electron chi connectivity index (χ3n) is 3.42. The number of hydrogen-bond acceptors (Lipinski definition) is 7. The topological polar surface area (TPSA) is 87.2 Å². The van der Waals surface area contributed by atoms with Crippen molar-refractivity contribution in [3.63, 3.8) is 0 Å². The number of methoxy groups -OCH3 is 1. The average Bonchev–Trinajstić information content (AvgIpc) is 3.38. The monoisotopic (exact) mass is 432 g/mol. The summed E-state index contributed by atoms with van der Waals surface area (Å²) >= 11 is 1.02. The quantitative estimate of drug-likeness (QED) is 0.149. The van der Waals surface area contributed by atoms with Crippen LogP contribution in [-0.2, 0) is 10.6 Å². The van der Waals surface area contributed by atoms with Crippen molar-refractivity contribution in [2.75, 3.05) is 7.11 Å². The summed E-state index contributed by atoms with van der Waals surface area (Å²) in [5.74, 6) is -10.9. The maximum absolute atomic E-state index is 13.7. The molecule has 0 saturated heterocycles. The maximum atomic E-state index is 13.7. The summed E-state index contributed by atoms with van der Waals surface area (Å²) < 4.78 is 73.8. The Labute approximate surface area is 163 Å². The molecule has 0 bridgehead atoms. The lowest BCUT2D eigenvalue weighted by atomic mass is 10.2. The Kier molecular flexibility index (Phi) is 5.91. The van der Waals surface area contributed by atoms with Gasteiger partial charge in [0.2, 0.25) is 11.0 Å². The number of halogens is 5. The predicted molar refractivity (Wildman–Crippen MR) is 88.7 cm³/mol. The largest absolute Gasteiger partial charge is 0.464 e. The van der Waals surface area contributed by atoms with Gasteiger partial charge in [-0.15, -0.1) is 10.2 Å². The van der Waals surface area contributed by atoms with Gasteiger partial charge in [-0.25, -0.2) is 26.7 Å². The van der Waals surface area contributed by atoms with Crippen LogP contribution in [0.5, 0.6) is 0 Å². The van der Waals surface area contributed by atoms with Crippen LogP contribution in [0.15, 0.2) is 28.8 Å². The van der Waals surface area contributed by atoms with Crippen LogP contribution in [0.2, 0.25) is 0 Å². The van der Waals surface area contributed by atoms with E-state index in [4.69, 9.17) is 0 Å². The van der Waals surface area contributed by atoms with E-state index in [1.165, 1.54) is 24.1 Å². The number of esters is 1. The second-order valence-corrected chi connectivity index (χ2v) is 6.10. The molecule has 0 fully saturated rings. The normalized spacial score (nSPS) is 11.4. The smallest absolute Gasteiger partial charge is 0.358 e. The highest BCUT2D eigenvalue weighted by atomic mass is 32.2. The van der Waals surface area contributed by atoms with Gasteiger partial charge >= 0.3 is 5.97 Å². The van der Waals surface area contributed by atoms with Gasteiger partial charge in [-0.1, -0.05) is 11.8 Å². The fourth-order valence-corrected chi connectivity index (χ4v) is 2.74. The van der Waals surface area contributed by atoms with Crippen molar-refractivity contribution in [1.29, 1.82) is 0 Å². The van der Waals surface area contributed by atoms with Gasteiger partial charge in [0.05, 0.1) is 24.8 Å². The van der Waals surface area contributed by atoms with E-state index in [0.717, 1.165) is 22.8 Å². The summed E-state index contributed by atoms with van der Waals surface area (Å²) in [5.41, 5.74) is -1.13. The molecule has 0 aliphatic carbocycles. The molecule has 0 aliphatic heterocycles. The van der Waals surface area contributed by atoms with E-state index in [9.17, 15) is 26.7 Å². The molecule has 14 heteroatoms. The van der Waals surface area contributed by atoms with Gasteiger partial charge in [0.1, 0.15) is 6.33 Å². The molecule has 3 aromatic rings. The third kappa shape index (κ3) is 4.11. The summed E-state index contributed by atoms with van der Waals surface area (Å²) in [6.07, 6.45) is 3.03. The van der Waals surface area contributed by atoms with Gasteiger partial charge in [-0.3, -0.25) is 4.68 Å². The van der Waals surface area contributed by atoms with Gasteiger partial charge in [-0.2, -0.15) is 14.9 Å². The van der Waals surface area contributed by atoms with Crippen LogP contribution in [0.3, 0.4) is 0 Å². The maximum Gasteiger partial charge on any atom is 0.358 e. The van der Waals surface area contributed by atoms with Crippen LogP contribution in [-0.4, -0.2) is 43.9 Å². The first kappa shape index (κ1) is 20.4. The van der Waals surface area contributed by atoms with Gasteiger partial charge < -0.3 is 4.74 Å². The van der Waals surface area contributed by atoms with Crippen LogP contribution < -0.4 is 0 Å². The number of rotatable bonds is 6. The Morgan fingerprint density at radius 3 is 2.48 bits per heavy atom. The summed E-state index contributed by atoms with van der Waals surface area (Å²) in [6, 6.07) is 1.43. The summed E-state index contributed by atoms with van der Waals surface area (Å²) in [4.78, 5) is 11.4. The zero-order valence-corrected chi connectivity index (χ0v) is 15.1. The second-order valence-electron chi connectivity index (χ2n) is 5.19. The molecule has 0 spiro atoms. The van der Waals surface area contributed by atoms with Gasteiger partial charge in [0, 0.05) is 6.20 Å². The lowest BCUT2D eigenvalue weighted by Crippen LogP contribution is -2.07. The molecule has 0 amide bonds. The Hall–Kier alpha value is -3.29. The molecular weight excluding hydrogens is 423 g/mol. The van der Waals surface area contributed by atoms with Crippen molar-refractivity contribution in [3.05, 3.63) is 58.9 Å². The Balaban J connectivity index is 1.78. The molecule has 0 saturated carbocycles. The van der Waals surface area contributed by atoms with Crippen molar-refractivity contribution >= 4 is 23.9 Å². The lowest BCUT2D eigenvalue weighted by Gasteiger charge is -2.04. The number of thioether (sulfide) groups is 1. The highest BCUT2D eigenvalue weighted by Crippen LogP contribution is 2.22. The van der Waals surface area contributed by atoms with E-state index >= 15 is 0 Å². The summed E-state index contributed by atoms with van der Waals surface area (Å²) in [7, 11) is 1.21. The minimum absolute atomic E-state index is 0.0823. The van der Waals surface area contributed by atoms with Crippen LogP contribution in [0, 0.1) is 29.1 Å². The standard InChI is InChI=1S/C15H9F5N6O2S/c1-28-14(27)8-2-3-25(24-8)6-29-15-23-21-5-26(15)22-4-7-9(16)11(18)13(20)12(19)10(7)17/h2-5H,6H2,1H3/b22-4+. The number of benzene rings is 1. The number of hydrogen-bond donors (Lipinski definition) is 0. The molecule has 0 unspecified atom stereocenters. The molecule has 2 aromatic heterocycles. The second kappa shape index (κ2) is 8.38. The Morgan fingerprint density at radius 2 is 1.83 bits per heavy atom. The summed E-state index contributed by atoms with van der Waals surface area (Å²) in [5, 5.41) is 15.0. The molecule has 0 aliphatic rings. The van der Waals surface area contributed by atoms with Crippen molar-refractivity contribution in [3.8, 4) is 0 Å². The molecule has 1 aromatic carbocycles. The molecule has 0 N–H and O–H groups in total. The van der Waals surface area contributed by atoms with E-state index < -0.39 is 40.6 Å². The Bertz CT molecular complexity index is 1070. The molecule has 3 rings (SSSR count). The SMILES string of the molecule is COC(=O)c1ccn(CSc2nncn2/N=C/c2c(F)c(F)c(F)c(F)c2F)n1. The van der Waals surface area contributed by atoms with E-state index in [0.29, 0.717) is 6.21 Å². The minimum Gasteiger partial charge on any atom is -0.464 e. The third-order valence-corrected chi connectivity index (χ3v) is 4.34. The first-order valence-corrected chi connectivity index (χ1v) is 8.52. The molecule has 0 radical (unpaired) electrons. The van der Waals surface area contributed by atoms with Crippen molar-refractivity contribution in [1.82, 2.24) is 24.7 Å². The number of nitrogens with zero attached hydrogens (tertiary/aromatic N) is 6. The van der Waals surface area contributed by atoms with Crippen LogP contribution >= 0.6 is 11.8 Å². The van der Waals surface area contributed by atoms with Crippen LogP contribution in [0.25, 0.3) is 0 Å². The molecular formula is C15H9F5N6O2S. The number of carbonyl (C=O) groups excluding carboxylic acids is 1. The Morgan fingerprint density at radius 1 is 1.17 bits per heavy atom. The number of carbonyl (C=O) groups is 1. The zero-order chi connectivity index (χ0) is 21.1. The minimum atomic E-state index is -2.26. The average molecular weight is 432 g/mol. The first-order valence-electron chi connectivity index (χ1n) is 7.53. The van der Waals surface area contributed by atoms with Gasteiger partial charge in [0.25, 0.3) is 0 Å². The highest BCUT2D eigenvalue weighted by Gasteiger charge is 2.24. The lowest BCUT2D eigenvalue weighted by molar-refractivity contribution is 0.0593. The van der Waals surface area contributed by atoms with Crippen molar-refractivity contribution in [2.45, 2.75) is 11.0 Å². The fourth-order valence-electron chi connectivity index (χ4n) is 2.02. The number of aromatic nitrogens is 5. The predicted octanol–water partition coefficient (Wildman–Crippen LogP) is 2.59. The molecule has 0 atom stereocenters. The first-order chi connectivity index (χ1) is 13.8. The summed E-state index contributed by atoms with van der Waals surface area (Å²) in [6.45, 7) is 0. The highest BCUT2D eigenvalue weighted by molar-refractivity contribution is 7.98. The van der Waals surface area contributed by atoms with Gasteiger partial charge in [0.15, 0.2) is 29.0 Å². The van der Waals surface area contributed by atoms with E-state index in [-0.39, 0.29) is 16.7 Å². The van der Waals surface area contributed by atoms with E-state index in [1.807, 2.05) is 0 Å².